The molecule has 1 aromatic carbocycles. The summed E-state index contributed by atoms with van der Waals surface area (Å²) < 4.78 is 30.1. The van der Waals surface area contributed by atoms with E-state index in [1.165, 1.54) is 32.8 Å². The van der Waals surface area contributed by atoms with Crippen LogP contribution in [0.2, 0.25) is 0 Å². The van der Waals surface area contributed by atoms with E-state index >= 15 is 0 Å². The topological polar surface area (TPSA) is 231 Å². The zero-order valence-electron chi connectivity index (χ0n) is 32.6. The molecule has 2 aromatic rings. The second-order valence-electron chi connectivity index (χ2n) is 14.3. The summed E-state index contributed by atoms with van der Waals surface area (Å²) >= 11 is 0. The average Bonchev–Trinajstić information content (AvgIpc) is 3.51. The van der Waals surface area contributed by atoms with Gasteiger partial charge in [-0.15, -0.1) is 0 Å². The number of methoxy groups -OCH3 is 1. The molecule has 1 fully saturated rings. The number of benzene rings is 1. The minimum absolute atomic E-state index is 0.0662. The summed E-state index contributed by atoms with van der Waals surface area (Å²) in [7, 11) is 1.26. The van der Waals surface area contributed by atoms with Crippen molar-refractivity contribution in [2.75, 3.05) is 12.4 Å². The number of primary amides is 1. The number of nitrogens with zero attached hydrogens (tertiary/aromatic N) is 1. The molecule has 0 radical (unpaired) electrons. The quantitative estimate of drug-likeness (QED) is 0.0806. The van der Waals surface area contributed by atoms with E-state index in [1.807, 2.05) is 12.1 Å². The maximum Gasteiger partial charge on any atom is 0.330 e. The lowest BCUT2D eigenvalue weighted by atomic mass is 10.0. The molecule has 4 rings (SSSR count). The van der Waals surface area contributed by atoms with Crippen LogP contribution in [0.5, 0.6) is 0 Å². The molecular formula is C40H58N4O12. The van der Waals surface area contributed by atoms with Crippen LogP contribution in [0, 0.1) is 0 Å². The number of nitrogens with one attached hydrogen (secondary N) is 2. The Morgan fingerprint density at radius 3 is 2.18 bits per heavy atom. The van der Waals surface area contributed by atoms with Gasteiger partial charge in [-0.25, -0.2) is 4.79 Å². The third-order valence-corrected chi connectivity index (χ3v) is 9.93. The third-order valence-electron chi connectivity index (χ3n) is 9.93. The lowest BCUT2D eigenvalue weighted by Crippen LogP contribution is -2.54. The summed E-state index contributed by atoms with van der Waals surface area (Å²) in [5.41, 5.74) is 5.77. The molecule has 0 aliphatic carbocycles. The number of ether oxygens (including phenoxy) is 5. The largest absolute Gasteiger partial charge is 0.456 e. The molecule has 3 heterocycles. The number of hydrogen-bond donors (Lipinski definition) is 5. The van der Waals surface area contributed by atoms with Gasteiger partial charge in [0.2, 0.25) is 12.2 Å². The van der Waals surface area contributed by atoms with E-state index in [2.05, 4.69) is 24.1 Å². The first kappa shape index (κ1) is 44.4. The second-order valence-corrected chi connectivity index (χ2v) is 14.3. The van der Waals surface area contributed by atoms with Crippen LogP contribution in [-0.2, 0) is 44.5 Å². The molecule has 310 valence electrons. The molecule has 0 bridgehead atoms. The number of aromatic nitrogens is 2. The molecule has 2 aliphatic heterocycles. The number of aliphatic hydroxyl groups is 2. The van der Waals surface area contributed by atoms with Gasteiger partial charge in [0.25, 0.3) is 11.5 Å². The Kier molecular flexibility index (Phi) is 17.8. The van der Waals surface area contributed by atoms with E-state index in [0.717, 1.165) is 79.8 Å². The zero-order valence-corrected chi connectivity index (χ0v) is 32.6. The molecule has 1 aromatic heterocycles. The number of anilines is 1. The first-order valence-corrected chi connectivity index (χ1v) is 19.8. The van der Waals surface area contributed by atoms with Crippen LogP contribution in [0.15, 0.2) is 58.0 Å². The maximum absolute atomic E-state index is 13.2. The first-order chi connectivity index (χ1) is 27.0. The molecule has 0 spiro atoms. The van der Waals surface area contributed by atoms with Crippen molar-refractivity contribution >= 4 is 23.5 Å². The number of rotatable bonds is 23. The number of carbonyl (C=O) groups is 3. The number of carbonyl (C=O) groups excluding carboxylic acids is 3. The minimum Gasteiger partial charge on any atom is -0.456 e. The molecule has 8 atom stereocenters. The SMILES string of the molecule is CCCCCCCCCCCC(=O)O[C@@H]1[C@H](OC)[C@@H]([C@@H](O[C@H]2OC(C(=O)Nc3ccc(CCCCC)cc3)=C[C@H](O)[C@@H]2O)C(N)=O)O[C@H]1n1ccc(=O)[nH]c1=O. The van der Waals surface area contributed by atoms with Crippen molar-refractivity contribution < 1.29 is 48.3 Å². The van der Waals surface area contributed by atoms with Crippen molar-refractivity contribution in [3.8, 4) is 0 Å². The molecule has 2 amide bonds. The van der Waals surface area contributed by atoms with Crippen LogP contribution in [0.1, 0.15) is 109 Å². The number of amides is 2. The summed E-state index contributed by atoms with van der Waals surface area (Å²) in [5, 5.41) is 24.2. The smallest absolute Gasteiger partial charge is 0.330 e. The Labute approximate surface area is 326 Å². The molecule has 1 saturated heterocycles. The number of unbranched alkanes of at least 4 members (excludes halogenated alkanes) is 10. The van der Waals surface area contributed by atoms with Gasteiger partial charge in [-0.2, -0.15) is 0 Å². The molecule has 56 heavy (non-hydrogen) atoms. The van der Waals surface area contributed by atoms with E-state index in [-0.39, 0.29) is 6.42 Å². The first-order valence-electron chi connectivity index (χ1n) is 19.8. The van der Waals surface area contributed by atoms with Gasteiger partial charge >= 0.3 is 11.7 Å². The Morgan fingerprint density at radius 2 is 1.55 bits per heavy atom. The van der Waals surface area contributed by atoms with Gasteiger partial charge in [-0.1, -0.05) is 90.2 Å². The van der Waals surface area contributed by atoms with Gasteiger partial charge in [-0.3, -0.25) is 28.7 Å². The van der Waals surface area contributed by atoms with E-state index in [0.29, 0.717) is 12.1 Å². The van der Waals surface area contributed by atoms with Crippen LogP contribution in [-0.4, -0.2) is 87.6 Å². The van der Waals surface area contributed by atoms with Crippen molar-refractivity contribution in [3.63, 3.8) is 0 Å². The molecule has 6 N–H and O–H groups in total. The summed E-state index contributed by atoms with van der Waals surface area (Å²) in [5.74, 6) is -2.90. The highest BCUT2D eigenvalue weighted by molar-refractivity contribution is 6.02. The average molecular weight is 787 g/mol. The lowest BCUT2D eigenvalue weighted by Gasteiger charge is -2.35. The Morgan fingerprint density at radius 1 is 0.911 bits per heavy atom. The standard InChI is InChI=1S/C40H58N4O12/c1-4-6-8-9-10-11-12-13-15-17-30(47)54-35-32(52-3)33(55-38(35)44-23-22-29(46)43-40(44)51)34(36(41)49)56-39-31(48)27(45)24-28(53-39)37(50)42-26-20-18-25(19-21-26)16-14-7-5-2/h18-24,27,31-35,38-39,45,48H,4-17H2,1-3H3,(H2,41,49)(H,42,50)(H,43,46,51)/t27-,31-,32+,33-,34+,35+,38+,39+/m0/s1. The Hall–Kier alpha value is -4.35. The fourth-order valence-corrected chi connectivity index (χ4v) is 6.81. The second kappa shape index (κ2) is 22.4. The predicted molar refractivity (Wildman–Crippen MR) is 205 cm³/mol. The molecule has 16 nitrogen and oxygen atoms in total. The van der Waals surface area contributed by atoms with Gasteiger partial charge < -0.3 is 44.9 Å². The highest BCUT2D eigenvalue weighted by Crippen LogP contribution is 2.36. The van der Waals surface area contributed by atoms with Crippen LogP contribution >= 0.6 is 0 Å². The Bertz CT molecular complexity index is 1710. The molecule has 0 saturated carbocycles. The van der Waals surface area contributed by atoms with E-state index in [1.54, 1.807) is 12.1 Å². The monoisotopic (exact) mass is 786 g/mol. The number of H-pyrrole nitrogens is 1. The van der Waals surface area contributed by atoms with Gasteiger partial charge in [0.05, 0.1) is 0 Å². The van der Waals surface area contributed by atoms with Crippen LogP contribution in [0.3, 0.4) is 0 Å². The highest BCUT2D eigenvalue weighted by atomic mass is 16.7. The van der Waals surface area contributed by atoms with Crippen molar-refractivity contribution in [2.24, 2.45) is 5.73 Å². The summed E-state index contributed by atoms with van der Waals surface area (Å²) in [6.07, 6.45) is 3.13. The van der Waals surface area contributed by atoms with E-state index in [9.17, 15) is 34.2 Å². The zero-order chi connectivity index (χ0) is 40.6. The molecule has 2 aliphatic rings. The summed E-state index contributed by atoms with van der Waals surface area (Å²) in [6.45, 7) is 4.30. The van der Waals surface area contributed by atoms with Crippen molar-refractivity contribution in [1.29, 1.82) is 0 Å². The summed E-state index contributed by atoms with van der Waals surface area (Å²) in [4.78, 5) is 66.3. The number of aliphatic hydroxyl groups excluding tert-OH is 2. The number of aromatic amines is 1. The molecule has 16 heteroatoms. The fraction of sp³-hybridized carbons (Fsp3) is 0.625. The van der Waals surface area contributed by atoms with Gasteiger partial charge in [-0.05, 0) is 43.0 Å². The van der Waals surface area contributed by atoms with Crippen molar-refractivity contribution in [1.82, 2.24) is 9.55 Å². The van der Waals surface area contributed by atoms with Crippen LogP contribution < -0.4 is 22.3 Å². The number of hydrogen-bond acceptors (Lipinski definition) is 12. The number of aryl methyl sites for hydroxylation is 1. The number of nitrogens with two attached hydrogens (primary N) is 1. The van der Waals surface area contributed by atoms with Crippen LogP contribution in [0.4, 0.5) is 5.69 Å². The van der Waals surface area contributed by atoms with Crippen LogP contribution in [0.25, 0.3) is 0 Å². The van der Waals surface area contributed by atoms with E-state index < -0.39 is 83.9 Å². The highest BCUT2D eigenvalue weighted by Gasteiger charge is 2.54. The number of esters is 1. The third kappa shape index (κ3) is 12.6. The summed E-state index contributed by atoms with van der Waals surface area (Å²) in [6, 6.07) is 8.33. The lowest BCUT2D eigenvalue weighted by molar-refractivity contribution is -0.241. The Balaban J connectivity index is 1.47. The predicted octanol–water partition coefficient (Wildman–Crippen LogP) is 3.49. The van der Waals surface area contributed by atoms with Gasteiger partial charge in [0.15, 0.2) is 24.2 Å². The molecular weight excluding hydrogens is 728 g/mol. The molecule has 0 unspecified atom stereocenters. The minimum atomic E-state index is -1.82. The van der Waals surface area contributed by atoms with E-state index in [4.69, 9.17) is 29.4 Å². The maximum atomic E-state index is 13.2. The normalized spacial score (nSPS) is 23.9. The van der Waals surface area contributed by atoms with Gasteiger partial charge in [0.1, 0.15) is 24.4 Å². The van der Waals surface area contributed by atoms with Gasteiger partial charge in [0, 0.05) is 31.5 Å². The van der Waals surface area contributed by atoms with Crippen molar-refractivity contribution in [2.45, 2.75) is 153 Å². The van der Waals surface area contributed by atoms with Crippen molar-refractivity contribution in [3.05, 3.63) is 74.8 Å². The fourth-order valence-electron chi connectivity index (χ4n) is 6.81.